The van der Waals surface area contributed by atoms with E-state index in [2.05, 4.69) is 10.2 Å². The highest BCUT2D eigenvalue weighted by Crippen LogP contribution is 2.45. The monoisotopic (exact) mass is 421 g/mol. The number of benzene rings is 2. The summed E-state index contributed by atoms with van der Waals surface area (Å²) in [6, 6.07) is 8.26. The van der Waals surface area contributed by atoms with Gasteiger partial charge in [0.25, 0.3) is 5.91 Å². The molecule has 0 aliphatic carbocycles. The van der Waals surface area contributed by atoms with Crippen LogP contribution < -0.4 is 15.0 Å². The van der Waals surface area contributed by atoms with Gasteiger partial charge in [-0.05, 0) is 49.4 Å². The number of nitrogens with one attached hydrogen (secondary N) is 1. The van der Waals surface area contributed by atoms with Crippen LogP contribution in [0.2, 0.25) is 0 Å². The van der Waals surface area contributed by atoms with Crippen molar-refractivity contribution in [3.63, 3.8) is 0 Å². The zero-order valence-electron chi connectivity index (χ0n) is 17.7. The van der Waals surface area contributed by atoms with Crippen molar-refractivity contribution in [3.8, 4) is 11.5 Å². The number of aromatic hydroxyl groups is 1. The minimum Gasteiger partial charge on any atom is -0.507 e. The van der Waals surface area contributed by atoms with Crippen LogP contribution in [-0.4, -0.2) is 48.6 Å². The van der Waals surface area contributed by atoms with Crippen molar-refractivity contribution in [2.45, 2.75) is 38.1 Å². The first-order valence-electron chi connectivity index (χ1n) is 10.9. The van der Waals surface area contributed by atoms with Gasteiger partial charge in [-0.25, -0.2) is 0 Å². The lowest BCUT2D eigenvalue weighted by Crippen LogP contribution is -2.49. The third-order valence-corrected chi connectivity index (χ3v) is 6.63. The van der Waals surface area contributed by atoms with Gasteiger partial charge in [0.1, 0.15) is 17.5 Å². The van der Waals surface area contributed by atoms with Gasteiger partial charge in [0.05, 0.1) is 12.8 Å². The van der Waals surface area contributed by atoms with E-state index in [1.165, 1.54) is 0 Å². The summed E-state index contributed by atoms with van der Waals surface area (Å²) in [5.74, 6) is 0.284. The number of likely N-dealkylation sites (tertiary alicyclic amines) is 1. The molecule has 162 valence electrons. The Morgan fingerprint density at radius 2 is 1.90 bits per heavy atom. The van der Waals surface area contributed by atoms with Crippen molar-refractivity contribution in [1.29, 1.82) is 0 Å². The van der Waals surface area contributed by atoms with E-state index in [-0.39, 0.29) is 17.6 Å². The van der Waals surface area contributed by atoms with E-state index in [9.17, 15) is 14.7 Å². The summed E-state index contributed by atoms with van der Waals surface area (Å²) in [6.45, 7) is 2.50. The summed E-state index contributed by atoms with van der Waals surface area (Å²) in [6.07, 6.45) is 4.15. The van der Waals surface area contributed by atoms with Gasteiger partial charge in [0.15, 0.2) is 0 Å². The molecule has 2 amide bonds. The summed E-state index contributed by atoms with van der Waals surface area (Å²) >= 11 is 0. The largest absolute Gasteiger partial charge is 0.507 e. The molecule has 0 radical (unpaired) electrons. The van der Waals surface area contributed by atoms with E-state index in [0.717, 1.165) is 55.6 Å². The van der Waals surface area contributed by atoms with Gasteiger partial charge in [-0.1, -0.05) is 12.1 Å². The van der Waals surface area contributed by atoms with E-state index in [4.69, 9.17) is 4.74 Å². The second kappa shape index (κ2) is 7.80. The number of anilines is 2. The first kappa shape index (κ1) is 19.7. The Morgan fingerprint density at radius 3 is 2.61 bits per heavy atom. The molecule has 1 saturated heterocycles. The molecule has 3 aliphatic rings. The Bertz CT molecular complexity index is 1050. The zero-order chi connectivity index (χ0) is 21.5. The van der Waals surface area contributed by atoms with Gasteiger partial charge in [-0.3, -0.25) is 9.59 Å². The second-order valence-corrected chi connectivity index (χ2v) is 8.42. The third kappa shape index (κ3) is 3.28. The van der Waals surface area contributed by atoms with Gasteiger partial charge < -0.3 is 25.0 Å². The highest BCUT2D eigenvalue weighted by molar-refractivity contribution is 6.00. The molecule has 3 aliphatic heterocycles. The smallest absolute Gasteiger partial charge is 0.252 e. The van der Waals surface area contributed by atoms with Crippen LogP contribution >= 0.6 is 0 Å². The molecule has 2 aromatic rings. The zero-order valence-corrected chi connectivity index (χ0v) is 17.7. The molecule has 2 aromatic carbocycles. The van der Waals surface area contributed by atoms with Gasteiger partial charge in [0.2, 0.25) is 5.91 Å². The third-order valence-electron chi connectivity index (χ3n) is 6.63. The first-order valence-corrected chi connectivity index (χ1v) is 10.9. The van der Waals surface area contributed by atoms with Crippen LogP contribution in [0.1, 0.15) is 42.0 Å². The van der Waals surface area contributed by atoms with Crippen molar-refractivity contribution in [1.82, 2.24) is 4.90 Å². The SMILES string of the molecule is COc1ccccc1NC(=O)[C@H](c1cc2c3c(c1O)CCCN3CCC2)N1CCC1=O. The molecule has 0 spiro atoms. The highest BCUT2D eigenvalue weighted by atomic mass is 16.5. The number of para-hydroxylation sites is 2. The summed E-state index contributed by atoms with van der Waals surface area (Å²) in [7, 11) is 1.55. The molecule has 0 bridgehead atoms. The van der Waals surface area contributed by atoms with Crippen LogP contribution in [0.4, 0.5) is 11.4 Å². The van der Waals surface area contributed by atoms with Gasteiger partial charge in [-0.2, -0.15) is 0 Å². The molecule has 0 aromatic heterocycles. The number of aryl methyl sites for hydroxylation is 1. The number of phenols is 1. The molecule has 5 rings (SSSR count). The topological polar surface area (TPSA) is 82.1 Å². The number of ether oxygens (including phenoxy) is 1. The number of rotatable bonds is 5. The van der Waals surface area contributed by atoms with Gasteiger partial charge >= 0.3 is 0 Å². The molecule has 1 fully saturated rings. The fraction of sp³-hybridized carbons (Fsp3) is 0.417. The number of methoxy groups -OCH3 is 1. The standard InChI is InChI=1S/C24H27N3O4/c1-31-19-9-3-2-8-18(19)25-24(30)22(27-13-10-20(27)28)17-14-15-6-4-11-26-12-5-7-16(21(15)26)23(17)29/h2-3,8-9,14,22,29H,4-7,10-13H2,1H3,(H,25,30)/t22-/m0/s1. The van der Waals surface area contributed by atoms with Crippen molar-refractivity contribution >= 4 is 23.2 Å². The Balaban J connectivity index is 1.57. The normalized spacial score (nSPS) is 18.2. The summed E-state index contributed by atoms with van der Waals surface area (Å²) in [4.78, 5) is 29.8. The highest BCUT2D eigenvalue weighted by Gasteiger charge is 2.40. The molecule has 7 nitrogen and oxygen atoms in total. The summed E-state index contributed by atoms with van der Waals surface area (Å²) in [5.41, 5.74) is 4.28. The van der Waals surface area contributed by atoms with Crippen molar-refractivity contribution in [2.75, 3.05) is 37.0 Å². The predicted molar refractivity (Wildman–Crippen MR) is 118 cm³/mol. The molecule has 0 unspecified atom stereocenters. The number of carbonyl (C=O) groups excluding carboxylic acids is 2. The van der Waals surface area contributed by atoms with Gasteiger partial charge in [-0.15, -0.1) is 0 Å². The molecule has 0 saturated carbocycles. The number of nitrogens with zero attached hydrogens (tertiary/aromatic N) is 2. The molecule has 3 heterocycles. The number of carbonyl (C=O) groups is 2. The molecular weight excluding hydrogens is 394 g/mol. The van der Waals surface area contributed by atoms with Crippen LogP contribution in [0, 0.1) is 0 Å². The molecule has 31 heavy (non-hydrogen) atoms. The van der Waals surface area contributed by atoms with E-state index >= 15 is 0 Å². The van der Waals surface area contributed by atoms with Crippen LogP contribution in [0.3, 0.4) is 0 Å². The Labute approximate surface area is 181 Å². The molecular formula is C24H27N3O4. The molecule has 1 atom stereocenters. The maximum atomic E-state index is 13.5. The lowest BCUT2D eigenvalue weighted by Gasteiger charge is -2.41. The van der Waals surface area contributed by atoms with E-state index in [1.54, 1.807) is 24.1 Å². The lowest BCUT2D eigenvalue weighted by molar-refractivity contribution is -0.147. The average molecular weight is 421 g/mol. The predicted octanol–water partition coefficient (Wildman–Crippen LogP) is 3.01. The Hall–Kier alpha value is -3.22. The van der Waals surface area contributed by atoms with E-state index in [1.807, 2.05) is 18.2 Å². The summed E-state index contributed by atoms with van der Waals surface area (Å²) < 4.78 is 5.36. The quantitative estimate of drug-likeness (QED) is 0.726. The van der Waals surface area contributed by atoms with Crippen molar-refractivity contribution in [3.05, 3.63) is 47.0 Å². The number of β-lactam (4-membered cyclic amide) rings is 1. The van der Waals surface area contributed by atoms with E-state index < -0.39 is 6.04 Å². The van der Waals surface area contributed by atoms with Crippen molar-refractivity contribution < 1.29 is 19.4 Å². The fourth-order valence-corrected chi connectivity index (χ4v) is 5.08. The Morgan fingerprint density at radius 1 is 1.13 bits per heavy atom. The number of hydrogen-bond donors (Lipinski definition) is 2. The molecule has 2 N–H and O–H groups in total. The molecule has 7 heteroatoms. The second-order valence-electron chi connectivity index (χ2n) is 8.42. The van der Waals surface area contributed by atoms with Crippen LogP contribution in [0.25, 0.3) is 0 Å². The maximum absolute atomic E-state index is 13.5. The minimum absolute atomic E-state index is 0.0763. The Kier molecular flexibility index (Phi) is 4.96. The minimum atomic E-state index is -0.870. The number of phenolic OH excluding ortho intramolecular Hbond substituents is 1. The van der Waals surface area contributed by atoms with Crippen LogP contribution in [0.15, 0.2) is 30.3 Å². The maximum Gasteiger partial charge on any atom is 0.252 e. The van der Waals surface area contributed by atoms with Crippen LogP contribution in [-0.2, 0) is 22.4 Å². The first-order chi connectivity index (χ1) is 15.1. The fourth-order valence-electron chi connectivity index (χ4n) is 5.08. The van der Waals surface area contributed by atoms with Gasteiger partial charge in [0, 0.05) is 42.9 Å². The summed E-state index contributed by atoms with van der Waals surface area (Å²) in [5, 5.41) is 14.2. The van der Waals surface area contributed by atoms with Crippen molar-refractivity contribution in [2.24, 2.45) is 0 Å². The number of hydrogen-bond acceptors (Lipinski definition) is 5. The van der Waals surface area contributed by atoms with Crippen LogP contribution in [0.5, 0.6) is 11.5 Å². The number of amides is 2. The lowest BCUT2D eigenvalue weighted by atomic mass is 9.86. The average Bonchev–Trinajstić information content (AvgIpc) is 2.79. The van der Waals surface area contributed by atoms with E-state index in [0.29, 0.717) is 30.0 Å².